The van der Waals surface area contributed by atoms with Crippen molar-refractivity contribution in [3.05, 3.63) is 60.3 Å². The predicted molar refractivity (Wildman–Crippen MR) is 87.3 cm³/mol. The number of hydrogen-bond donors (Lipinski definition) is 0. The summed E-state index contributed by atoms with van der Waals surface area (Å²) < 4.78 is 7.70. The zero-order chi connectivity index (χ0) is 15.1. The second-order valence-electron chi connectivity index (χ2n) is 5.34. The Bertz CT molecular complexity index is 974. The summed E-state index contributed by atoms with van der Waals surface area (Å²) in [4.78, 5) is 4.69. The van der Waals surface area contributed by atoms with Gasteiger partial charge in [0.1, 0.15) is 11.5 Å². The molecule has 0 fully saturated rings. The van der Waals surface area contributed by atoms with Crippen LogP contribution in [-0.4, -0.2) is 14.8 Å². The van der Waals surface area contributed by atoms with Gasteiger partial charge >= 0.3 is 0 Å². The Kier molecular flexibility index (Phi) is 2.82. The van der Waals surface area contributed by atoms with E-state index in [9.17, 15) is 0 Å². The molecule has 0 N–H and O–H groups in total. The monoisotopic (exact) mass is 289 g/mol. The van der Waals surface area contributed by atoms with Crippen LogP contribution in [0, 0.1) is 6.92 Å². The third-order valence-electron chi connectivity index (χ3n) is 3.74. The first-order chi connectivity index (χ1) is 10.7. The van der Waals surface area contributed by atoms with Crippen LogP contribution in [0.5, 0.6) is 11.5 Å². The molecule has 0 atom stereocenters. The lowest BCUT2D eigenvalue weighted by molar-refractivity contribution is 0.483. The number of nitrogens with zero attached hydrogens (tertiary/aromatic N) is 3. The van der Waals surface area contributed by atoms with Gasteiger partial charge in [0.2, 0.25) is 0 Å². The summed E-state index contributed by atoms with van der Waals surface area (Å²) in [5.41, 5.74) is 2.83. The molecule has 0 aliphatic rings. The lowest BCUT2D eigenvalue weighted by Gasteiger charge is -2.06. The van der Waals surface area contributed by atoms with Crippen LogP contribution in [0.15, 0.2) is 54.6 Å². The molecule has 4 heteroatoms. The Balaban J connectivity index is 1.83. The van der Waals surface area contributed by atoms with Crippen molar-refractivity contribution < 1.29 is 4.74 Å². The zero-order valence-corrected chi connectivity index (χ0v) is 12.4. The highest BCUT2D eigenvalue weighted by molar-refractivity contribution is 5.93. The first kappa shape index (κ1) is 12.8. The Morgan fingerprint density at radius 1 is 0.955 bits per heavy atom. The highest BCUT2D eigenvalue weighted by Crippen LogP contribution is 2.27. The van der Waals surface area contributed by atoms with E-state index in [1.54, 1.807) is 0 Å². The summed E-state index contributed by atoms with van der Waals surface area (Å²) in [6.45, 7) is 2.00. The molecule has 0 unspecified atom stereocenters. The summed E-state index contributed by atoms with van der Waals surface area (Å²) in [6.07, 6.45) is 0. The van der Waals surface area contributed by atoms with Crippen LogP contribution in [0.2, 0.25) is 0 Å². The molecule has 0 aliphatic carbocycles. The molecule has 108 valence electrons. The summed E-state index contributed by atoms with van der Waals surface area (Å²) in [6, 6.07) is 17.8. The van der Waals surface area contributed by atoms with E-state index in [-0.39, 0.29) is 0 Å². The van der Waals surface area contributed by atoms with Crippen LogP contribution in [0.25, 0.3) is 21.9 Å². The maximum Gasteiger partial charge on any atom is 0.158 e. The minimum absolute atomic E-state index is 0.807. The molecule has 0 bridgehead atoms. The van der Waals surface area contributed by atoms with Gasteiger partial charge in [0.15, 0.2) is 5.65 Å². The summed E-state index contributed by atoms with van der Waals surface area (Å²) >= 11 is 0. The quantitative estimate of drug-likeness (QED) is 0.554. The molecule has 4 rings (SSSR count). The number of aryl methyl sites for hydroxylation is 2. The number of rotatable bonds is 2. The largest absolute Gasteiger partial charge is 0.457 e. The van der Waals surface area contributed by atoms with Gasteiger partial charge in [0.05, 0.1) is 11.2 Å². The fraction of sp³-hybridized carbons (Fsp3) is 0.111. The average molecular weight is 289 g/mol. The van der Waals surface area contributed by atoms with Crippen LogP contribution >= 0.6 is 0 Å². The SMILES string of the molecule is Cc1nn(C)c2nc3ccc(Oc4ccccc4)cc3cc12. The molecule has 0 radical (unpaired) electrons. The standard InChI is InChI=1S/C18H15N3O/c1-12-16-11-13-10-15(22-14-6-4-3-5-7-14)8-9-17(13)19-18(16)21(2)20-12/h3-11H,1-2H3. The lowest BCUT2D eigenvalue weighted by atomic mass is 10.1. The number of hydrogen-bond acceptors (Lipinski definition) is 3. The molecule has 4 nitrogen and oxygen atoms in total. The predicted octanol–water partition coefficient (Wildman–Crippen LogP) is 4.22. The average Bonchev–Trinajstić information content (AvgIpc) is 2.80. The maximum absolute atomic E-state index is 5.89. The third kappa shape index (κ3) is 2.09. The van der Waals surface area contributed by atoms with Crippen LogP contribution in [-0.2, 0) is 7.05 Å². The van der Waals surface area contributed by atoms with E-state index in [0.717, 1.165) is 39.1 Å². The van der Waals surface area contributed by atoms with E-state index in [4.69, 9.17) is 9.72 Å². The van der Waals surface area contributed by atoms with Crippen molar-refractivity contribution in [2.45, 2.75) is 6.92 Å². The molecule has 0 aliphatic heterocycles. The molecule has 22 heavy (non-hydrogen) atoms. The van der Waals surface area contributed by atoms with Gasteiger partial charge in [-0.25, -0.2) is 4.98 Å². The third-order valence-corrected chi connectivity index (χ3v) is 3.74. The molecule has 4 aromatic rings. The summed E-state index contributed by atoms with van der Waals surface area (Å²) in [7, 11) is 1.92. The van der Waals surface area contributed by atoms with Gasteiger partial charge in [-0.05, 0) is 43.3 Å². The first-order valence-corrected chi connectivity index (χ1v) is 7.18. The molecule has 2 aromatic carbocycles. The van der Waals surface area contributed by atoms with E-state index in [1.807, 2.05) is 67.2 Å². The number of aromatic nitrogens is 3. The molecule has 0 spiro atoms. The van der Waals surface area contributed by atoms with Gasteiger partial charge in [0.25, 0.3) is 0 Å². The van der Waals surface area contributed by atoms with Crippen LogP contribution in [0.4, 0.5) is 0 Å². The second kappa shape index (κ2) is 4.84. The first-order valence-electron chi connectivity index (χ1n) is 7.18. The topological polar surface area (TPSA) is 39.9 Å². The van der Waals surface area contributed by atoms with Crippen molar-refractivity contribution in [3.63, 3.8) is 0 Å². The smallest absolute Gasteiger partial charge is 0.158 e. The van der Waals surface area contributed by atoms with Gasteiger partial charge in [0, 0.05) is 17.8 Å². The molecule has 0 amide bonds. The van der Waals surface area contributed by atoms with Crippen molar-refractivity contribution in [2.75, 3.05) is 0 Å². The Morgan fingerprint density at radius 3 is 2.59 bits per heavy atom. The van der Waals surface area contributed by atoms with E-state index < -0.39 is 0 Å². The minimum Gasteiger partial charge on any atom is -0.457 e. The molecule has 0 saturated heterocycles. The van der Waals surface area contributed by atoms with Gasteiger partial charge in [-0.2, -0.15) is 5.10 Å². The number of ether oxygens (including phenoxy) is 1. The zero-order valence-electron chi connectivity index (χ0n) is 12.4. The van der Waals surface area contributed by atoms with Gasteiger partial charge < -0.3 is 4.74 Å². The number of para-hydroxylation sites is 1. The second-order valence-corrected chi connectivity index (χ2v) is 5.34. The highest BCUT2D eigenvalue weighted by Gasteiger charge is 2.09. The highest BCUT2D eigenvalue weighted by atomic mass is 16.5. The maximum atomic E-state index is 5.89. The van der Waals surface area contributed by atoms with Gasteiger partial charge in [-0.1, -0.05) is 18.2 Å². The van der Waals surface area contributed by atoms with Crippen molar-refractivity contribution in [1.82, 2.24) is 14.8 Å². The Labute approximate surface area is 128 Å². The van der Waals surface area contributed by atoms with E-state index >= 15 is 0 Å². The normalized spacial score (nSPS) is 11.2. The molecule has 2 heterocycles. The van der Waals surface area contributed by atoms with E-state index in [1.165, 1.54) is 0 Å². The van der Waals surface area contributed by atoms with Crippen molar-refractivity contribution >= 4 is 21.9 Å². The number of pyridine rings is 1. The molecule has 2 aromatic heterocycles. The van der Waals surface area contributed by atoms with Crippen molar-refractivity contribution in [2.24, 2.45) is 7.05 Å². The minimum atomic E-state index is 0.807. The van der Waals surface area contributed by atoms with Crippen LogP contribution in [0.3, 0.4) is 0 Å². The molecular formula is C18H15N3O. The van der Waals surface area contributed by atoms with Gasteiger partial charge in [-0.3, -0.25) is 4.68 Å². The fourth-order valence-corrected chi connectivity index (χ4v) is 2.67. The Hall–Kier alpha value is -2.88. The Morgan fingerprint density at radius 2 is 1.77 bits per heavy atom. The van der Waals surface area contributed by atoms with E-state index in [2.05, 4.69) is 11.2 Å². The van der Waals surface area contributed by atoms with E-state index in [0.29, 0.717) is 0 Å². The fourth-order valence-electron chi connectivity index (χ4n) is 2.67. The summed E-state index contributed by atoms with van der Waals surface area (Å²) in [5.74, 6) is 1.63. The van der Waals surface area contributed by atoms with Crippen molar-refractivity contribution in [3.8, 4) is 11.5 Å². The van der Waals surface area contributed by atoms with Crippen LogP contribution < -0.4 is 4.74 Å². The molecular weight excluding hydrogens is 274 g/mol. The van der Waals surface area contributed by atoms with Crippen LogP contribution in [0.1, 0.15) is 5.69 Å². The lowest BCUT2D eigenvalue weighted by Crippen LogP contribution is -1.92. The van der Waals surface area contributed by atoms with Gasteiger partial charge in [-0.15, -0.1) is 0 Å². The van der Waals surface area contributed by atoms with Crippen molar-refractivity contribution in [1.29, 1.82) is 0 Å². The number of fused-ring (bicyclic) bond motifs is 2. The number of benzene rings is 2. The summed E-state index contributed by atoms with van der Waals surface area (Å²) in [5, 5.41) is 6.55. The molecule has 0 saturated carbocycles.